The number of hydrogen-bond donors (Lipinski definition) is 0. The third-order valence-electron chi connectivity index (χ3n) is 10.1. The van der Waals surface area contributed by atoms with Crippen molar-refractivity contribution in [2.75, 3.05) is 0 Å². The van der Waals surface area contributed by atoms with E-state index in [1.165, 1.54) is 50.1 Å². The molecule has 2 aliphatic carbocycles. The van der Waals surface area contributed by atoms with Crippen LogP contribution in [0.25, 0.3) is 33.9 Å². The van der Waals surface area contributed by atoms with Crippen molar-refractivity contribution in [2.45, 2.75) is 95.8 Å². The van der Waals surface area contributed by atoms with Crippen LogP contribution < -0.4 is 24.8 Å². The second-order valence-electron chi connectivity index (χ2n) is 16.3. The minimum Gasteiger partial charge on any atom is -1.00 e. The van der Waals surface area contributed by atoms with Crippen LogP contribution in [0.2, 0.25) is 13.1 Å². The van der Waals surface area contributed by atoms with E-state index in [1.807, 2.05) is 0 Å². The molecule has 0 aliphatic heterocycles. The van der Waals surface area contributed by atoms with Gasteiger partial charge in [0.2, 0.25) is 0 Å². The average Bonchev–Trinajstić information content (AvgIpc) is 3.49. The van der Waals surface area contributed by atoms with Crippen LogP contribution >= 0.6 is 0 Å². The first-order chi connectivity index (χ1) is 21.7. The van der Waals surface area contributed by atoms with Crippen LogP contribution in [-0.2, 0) is 33.2 Å². The first-order valence-electron chi connectivity index (χ1n) is 17.3. The Morgan fingerprint density at radius 2 is 1.12 bits per heavy atom. The van der Waals surface area contributed by atoms with E-state index in [0.717, 1.165) is 0 Å². The van der Waals surface area contributed by atoms with Gasteiger partial charge in [-0.1, -0.05) is 20.8 Å². The number of benzene rings is 4. The molecule has 0 nitrogen and oxygen atoms in total. The van der Waals surface area contributed by atoms with Crippen LogP contribution in [0.15, 0.2) is 96.1 Å². The summed E-state index contributed by atoms with van der Waals surface area (Å²) in [5.41, 5.74) is 19.5. The fourth-order valence-electron chi connectivity index (χ4n) is 7.77. The van der Waals surface area contributed by atoms with E-state index in [-0.39, 0.29) is 35.6 Å². The largest absolute Gasteiger partial charge is 1.00 e. The van der Waals surface area contributed by atoms with Gasteiger partial charge < -0.3 is 24.8 Å². The third-order valence-corrected chi connectivity index (χ3v) is 20.0. The van der Waals surface area contributed by atoms with Gasteiger partial charge in [0.05, 0.1) is 0 Å². The van der Waals surface area contributed by atoms with Gasteiger partial charge in [-0.25, -0.2) is 0 Å². The van der Waals surface area contributed by atoms with E-state index in [1.54, 1.807) is 22.3 Å². The molecule has 0 amide bonds. The van der Waals surface area contributed by atoms with Gasteiger partial charge in [0.25, 0.3) is 0 Å². The SMILES string of the molecule is CC1=Cc2c(-c3ccc(C(C)(C)C)cc3)cccc2C1C1=C(C(C)C)[CH]([Zr+2][SiH](C)C)c2cccc(-c3ccc(C(C)(C)C)cc3)c21.[Cl-].[Cl-]. The van der Waals surface area contributed by atoms with Crippen molar-refractivity contribution < 1.29 is 47.2 Å². The molecule has 4 aromatic carbocycles. The summed E-state index contributed by atoms with van der Waals surface area (Å²) >= 11 is -0.604. The molecule has 0 bridgehead atoms. The predicted octanol–water partition coefficient (Wildman–Crippen LogP) is 6.35. The van der Waals surface area contributed by atoms with E-state index in [9.17, 15) is 0 Å². The summed E-state index contributed by atoms with van der Waals surface area (Å²) in [6.45, 7) is 26.3. The van der Waals surface area contributed by atoms with E-state index in [2.05, 4.69) is 166 Å². The third kappa shape index (κ3) is 7.26. The topological polar surface area (TPSA) is 0 Å². The molecule has 0 saturated carbocycles. The molecular weight excluding hydrogens is 719 g/mol. The second-order valence-corrected chi connectivity index (χ2v) is 31.4. The predicted molar refractivity (Wildman–Crippen MR) is 201 cm³/mol. The zero-order valence-electron chi connectivity index (χ0n) is 30.7. The summed E-state index contributed by atoms with van der Waals surface area (Å²) < 4.78 is 0.680. The van der Waals surface area contributed by atoms with Crippen molar-refractivity contribution in [2.24, 2.45) is 5.92 Å². The van der Waals surface area contributed by atoms with Gasteiger partial charge in [-0.2, -0.15) is 0 Å². The smallest absolute Gasteiger partial charge is 1.00 e. The van der Waals surface area contributed by atoms with Crippen LogP contribution in [0.3, 0.4) is 0 Å². The quantitative estimate of drug-likeness (QED) is 0.201. The number of rotatable bonds is 6. The molecule has 0 saturated heterocycles. The minimum atomic E-state index is -0.666. The van der Waals surface area contributed by atoms with Crippen LogP contribution in [0.5, 0.6) is 0 Å². The summed E-state index contributed by atoms with van der Waals surface area (Å²) in [4.78, 5) is 0. The molecular formula is C44H52Cl2SiZr. The first kappa shape index (κ1) is 38.8. The molecule has 48 heavy (non-hydrogen) atoms. The Morgan fingerprint density at radius 1 is 0.646 bits per heavy atom. The van der Waals surface area contributed by atoms with Gasteiger partial charge in [0.15, 0.2) is 0 Å². The van der Waals surface area contributed by atoms with E-state index in [4.69, 9.17) is 0 Å². The number of halogens is 2. The fraction of sp³-hybridized carbons (Fsp3) is 0.364. The Bertz CT molecular complexity index is 1830. The summed E-state index contributed by atoms with van der Waals surface area (Å²) in [6.07, 6.45) is 2.52. The van der Waals surface area contributed by atoms with E-state index >= 15 is 0 Å². The Labute approximate surface area is 315 Å². The molecule has 0 fully saturated rings. The molecule has 250 valence electrons. The molecule has 0 heterocycles. The number of hydrogen-bond acceptors (Lipinski definition) is 0. The Kier molecular flexibility index (Phi) is 11.9. The van der Waals surface area contributed by atoms with Crippen LogP contribution in [0.1, 0.15) is 105 Å². The maximum absolute atomic E-state index is 2.60. The van der Waals surface area contributed by atoms with Gasteiger partial charge in [-0.05, 0) is 0 Å². The van der Waals surface area contributed by atoms with E-state index < -0.39 is 28.3 Å². The standard InChI is InChI=1S/C42H45.C2H7Si.2ClH.Zr/c1-26(2)36-25-30-12-10-14-34(29-18-22-32(23-19-29)42(7,8)9)39(30)40(36)38-27(3)24-37-33(13-11-15-35(37)38)28-16-20-31(21-17-28)41(4,5)6;1-3-2;;;/h10-26,38H,1-9H3;3H,1-2H3;2*1H;/q;;;;+2/p-2. The Morgan fingerprint density at radius 3 is 1.60 bits per heavy atom. The molecule has 2 unspecified atom stereocenters. The Balaban J connectivity index is 0.00000260. The first-order valence-corrected chi connectivity index (χ1v) is 25.9. The summed E-state index contributed by atoms with van der Waals surface area (Å²) in [5.74, 6) is 0.163. The van der Waals surface area contributed by atoms with Crippen molar-refractivity contribution in [3.05, 3.63) is 129 Å². The van der Waals surface area contributed by atoms with Crippen LogP contribution in [0, 0.1) is 5.92 Å². The summed E-state index contributed by atoms with van der Waals surface area (Å²) in [5, 5.41) is 0. The normalized spacial score (nSPS) is 17.1. The van der Waals surface area contributed by atoms with Crippen molar-refractivity contribution in [3.63, 3.8) is 0 Å². The van der Waals surface area contributed by atoms with Crippen LogP contribution in [-0.4, -0.2) is 5.92 Å². The van der Waals surface area contributed by atoms with Crippen molar-refractivity contribution in [1.82, 2.24) is 0 Å². The van der Waals surface area contributed by atoms with Gasteiger partial charge in [0.1, 0.15) is 0 Å². The Hall–Kier alpha value is -1.96. The fourth-order valence-corrected chi connectivity index (χ4v) is 18.2. The van der Waals surface area contributed by atoms with Crippen LogP contribution in [0.4, 0.5) is 0 Å². The maximum Gasteiger partial charge on any atom is -1.00 e. The molecule has 0 aromatic heterocycles. The zero-order valence-corrected chi connectivity index (χ0v) is 35.9. The summed E-state index contributed by atoms with van der Waals surface area (Å²) in [7, 11) is 0. The summed E-state index contributed by atoms with van der Waals surface area (Å²) in [6, 6.07) is 33.2. The zero-order chi connectivity index (χ0) is 33.1. The maximum atomic E-state index is 2.60. The molecule has 0 radical (unpaired) electrons. The monoisotopic (exact) mass is 768 g/mol. The van der Waals surface area contributed by atoms with E-state index in [0.29, 0.717) is 15.5 Å². The van der Waals surface area contributed by atoms with Gasteiger partial charge in [-0.15, -0.1) is 0 Å². The average molecular weight is 771 g/mol. The molecule has 4 aromatic rings. The molecule has 0 spiro atoms. The van der Waals surface area contributed by atoms with Gasteiger partial charge in [-0.3, -0.25) is 0 Å². The molecule has 4 heteroatoms. The van der Waals surface area contributed by atoms with Crippen molar-refractivity contribution in [1.29, 1.82) is 0 Å². The molecule has 0 N–H and O–H groups in total. The molecule has 2 aliphatic rings. The van der Waals surface area contributed by atoms with Crippen molar-refractivity contribution in [3.8, 4) is 22.3 Å². The molecule has 6 rings (SSSR count). The van der Waals surface area contributed by atoms with Gasteiger partial charge >= 0.3 is 273 Å². The molecule has 2 atom stereocenters. The second kappa shape index (κ2) is 14.7. The number of allylic oxidation sites excluding steroid dienone is 3. The van der Waals surface area contributed by atoms with Crippen molar-refractivity contribution >= 4 is 17.6 Å². The van der Waals surface area contributed by atoms with Gasteiger partial charge in [0, 0.05) is 0 Å². The minimum absolute atomic E-state index is 0. The number of fused-ring (bicyclic) bond motifs is 2.